The molecule has 4 rings (SSSR count). The van der Waals surface area contributed by atoms with Crippen LogP contribution >= 0.6 is 0 Å². The Morgan fingerprint density at radius 3 is 1.84 bits per heavy atom. The summed E-state index contributed by atoms with van der Waals surface area (Å²) in [6.45, 7) is 0.973. The van der Waals surface area contributed by atoms with E-state index in [1.807, 2.05) is 66.7 Å². The molecule has 5 nitrogen and oxygen atoms in total. The number of ether oxygens (including phenoxy) is 3. The molecule has 5 heteroatoms. The maximum atomic E-state index is 10.3. The third kappa shape index (κ3) is 4.44. The smallest absolute Gasteiger partial charge is 0.134 e. The number of β-amino-alcohol motifs (C(OH)–C–C–N with tert-alkyl or cyclic N) is 1. The van der Waals surface area contributed by atoms with Crippen LogP contribution in [0.5, 0.6) is 11.5 Å². The van der Waals surface area contributed by atoms with Gasteiger partial charge < -0.3 is 24.6 Å². The van der Waals surface area contributed by atoms with Gasteiger partial charge in [-0.15, -0.1) is 0 Å². The largest absolute Gasteiger partial charge is 0.497 e. The summed E-state index contributed by atoms with van der Waals surface area (Å²) in [4.78, 5) is 0. The Hall–Kier alpha value is -2.86. The minimum absolute atomic E-state index is 0.104. The summed E-state index contributed by atoms with van der Waals surface area (Å²) in [5, 5.41) is 13.8. The van der Waals surface area contributed by atoms with Crippen LogP contribution in [0.15, 0.2) is 78.9 Å². The van der Waals surface area contributed by atoms with E-state index in [4.69, 9.17) is 14.2 Å². The van der Waals surface area contributed by atoms with Crippen LogP contribution in [-0.4, -0.2) is 38.0 Å². The van der Waals surface area contributed by atoms with Crippen molar-refractivity contribution in [2.75, 3.05) is 20.8 Å². The first-order valence-electron chi connectivity index (χ1n) is 10.5. The highest BCUT2D eigenvalue weighted by Crippen LogP contribution is 2.42. The van der Waals surface area contributed by atoms with Gasteiger partial charge in [0.25, 0.3) is 0 Å². The van der Waals surface area contributed by atoms with Crippen molar-refractivity contribution in [2.24, 2.45) is 0 Å². The number of hydrogen-bond acceptors (Lipinski definition) is 5. The van der Waals surface area contributed by atoms with E-state index in [1.54, 1.807) is 14.2 Å². The first-order chi connectivity index (χ1) is 15.2. The molecule has 0 aliphatic carbocycles. The molecule has 2 N–H and O–H groups in total. The number of aliphatic hydroxyl groups excluding tert-OH is 1. The highest BCUT2D eigenvalue weighted by molar-refractivity contribution is 5.43. The number of methoxy groups -OCH3 is 2. The summed E-state index contributed by atoms with van der Waals surface area (Å²) < 4.78 is 17.6. The Balaban J connectivity index is 1.83. The molecule has 0 spiro atoms. The van der Waals surface area contributed by atoms with Gasteiger partial charge in [-0.2, -0.15) is 0 Å². The van der Waals surface area contributed by atoms with E-state index in [0.29, 0.717) is 19.6 Å². The second kappa shape index (κ2) is 9.52. The number of aliphatic hydroxyl groups is 1. The molecule has 1 fully saturated rings. The Labute approximate surface area is 183 Å². The summed E-state index contributed by atoms with van der Waals surface area (Å²) in [5.41, 5.74) is 2.29. The molecule has 3 aromatic rings. The molecule has 1 heterocycles. The normalized spacial score (nSPS) is 18.7. The molecular formula is C26H29NO4. The minimum Gasteiger partial charge on any atom is -0.497 e. The zero-order valence-corrected chi connectivity index (χ0v) is 18.0. The van der Waals surface area contributed by atoms with Crippen molar-refractivity contribution in [1.29, 1.82) is 0 Å². The summed E-state index contributed by atoms with van der Waals surface area (Å²) in [6.07, 6.45) is 0.175. The summed E-state index contributed by atoms with van der Waals surface area (Å²) >= 11 is 0. The fraction of sp³-hybridized carbons (Fsp3) is 0.308. The van der Waals surface area contributed by atoms with Crippen molar-refractivity contribution in [2.45, 2.75) is 30.8 Å². The van der Waals surface area contributed by atoms with E-state index >= 15 is 0 Å². The average Bonchev–Trinajstić information content (AvgIpc) is 3.27. The van der Waals surface area contributed by atoms with Crippen molar-refractivity contribution in [1.82, 2.24) is 5.32 Å². The summed E-state index contributed by atoms with van der Waals surface area (Å²) in [5.74, 6) is 1.57. The average molecular weight is 420 g/mol. The fourth-order valence-electron chi connectivity index (χ4n) is 4.31. The number of rotatable bonds is 8. The number of hydrogen-bond donors (Lipinski definition) is 2. The molecule has 2 atom stereocenters. The van der Waals surface area contributed by atoms with Crippen LogP contribution in [0.25, 0.3) is 0 Å². The summed E-state index contributed by atoms with van der Waals surface area (Å²) in [6, 6.07) is 26.0. The molecular weight excluding hydrogens is 390 g/mol. The monoisotopic (exact) mass is 419 g/mol. The highest BCUT2D eigenvalue weighted by Gasteiger charge is 2.46. The fourth-order valence-corrected chi connectivity index (χ4v) is 4.31. The molecule has 31 heavy (non-hydrogen) atoms. The Morgan fingerprint density at radius 2 is 1.39 bits per heavy atom. The van der Waals surface area contributed by atoms with Crippen molar-refractivity contribution >= 4 is 0 Å². The van der Waals surface area contributed by atoms with Gasteiger partial charge in [-0.05, 0) is 47.4 Å². The van der Waals surface area contributed by atoms with Crippen molar-refractivity contribution < 1.29 is 19.3 Å². The molecule has 0 amide bonds. The number of nitrogens with one attached hydrogen (secondary N) is 1. The Bertz CT molecular complexity index is 909. The van der Waals surface area contributed by atoms with Gasteiger partial charge in [0, 0.05) is 12.6 Å². The van der Waals surface area contributed by atoms with Crippen molar-refractivity contribution in [3.05, 3.63) is 95.6 Å². The lowest BCUT2D eigenvalue weighted by molar-refractivity contribution is -0.0551. The van der Waals surface area contributed by atoms with E-state index in [9.17, 15) is 5.11 Å². The SMILES string of the molecule is COc1ccc(C(OCc2ccccc2)(c2ccc(OC)cc2)C2CC(O)CN2)cc1. The van der Waals surface area contributed by atoms with Crippen molar-refractivity contribution in [3.63, 3.8) is 0 Å². The first kappa shape index (κ1) is 21.4. The van der Waals surface area contributed by atoms with Gasteiger partial charge in [0.05, 0.1) is 26.9 Å². The van der Waals surface area contributed by atoms with E-state index in [-0.39, 0.29) is 6.04 Å². The Kier molecular flexibility index (Phi) is 6.56. The quantitative estimate of drug-likeness (QED) is 0.580. The van der Waals surface area contributed by atoms with Crippen LogP contribution in [0, 0.1) is 0 Å². The number of benzene rings is 3. The van der Waals surface area contributed by atoms with Gasteiger partial charge in [-0.25, -0.2) is 0 Å². The molecule has 0 aromatic heterocycles. The van der Waals surface area contributed by atoms with Crippen LogP contribution in [0.2, 0.25) is 0 Å². The lowest BCUT2D eigenvalue weighted by Crippen LogP contribution is -2.48. The van der Waals surface area contributed by atoms with Gasteiger partial charge in [0.15, 0.2) is 0 Å². The van der Waals surface area contributed by atoms with Gasteiger partial charge in [-0.3, -0.25) is 0 Å². The molecule has 1 aliphatic rings. The van der Waals surface area contributed by atoms with E-state index < -0.39 is 11.7 Å². The molecule has 0 bridgehead atoms. The van der Waals surface area contributed by atoms with E-state index in [0.717, 1.165) is 28.2 Å². The lowest BCUT2D eigenvalue weighted by Gasteiger charge is -2.40. The van der Waals surface area contributed by atoms with Gasteiger partial charge in [0.2, 0.25) is 0 Å². The van der Waals surface area contributed by atoms with Crippen LogP contribution in [-0.2, 0) is 16.9 Å². The molecule has 162 valence electrons. The Morgan fingerprint density at radius 1 is 0.839 bits per heavy atom. The van der Waals surface area contributed by atoms with E-state index in [2.05, 4.69) is 17.4 Å². The van der Waals surface area contributed by atoms with Crippen LogP contribution in [0.1, 0.15) is 23.1 Å². The van der Waals surface area contributed by atoms with Gasteiger partial charge >= 0.3 is 0 Å². The first-order valence-corrected chi connectivity index (χ1v) is 10.5. The lowest BCUT2D eigenvalue weighted by atomic mass is 9.78. The third-order valence-electron chi connectivity index (χ3n) is 5.95. The van der Waals surface area contributed by atoms with Crippen LogP contribution < -0.4 is 14.8 Å². The topological polar surface area (TPSA) is 60.0 Å². The van der Waals surface area contributed by atoms with Gasteiger partial charge in [-0.1, -0.05) is 54.6 Å². The molecule has 1 saturated heterocycles. The standard InChI is InChI=1S/C26H29NO4/c1-29-23-12-8-20(9-13-23)26(25-16-22(28)17-27-25,21-10-14-24(30-2)15-11-21)31-18-19-6-4-3-5-7-19/h3-15,22,25,27-28H,16-18H2,1-2H3. The predicted octanol–water partition coefficient (Wildman–Crippen LogP) is 3.89. The highest BCUT2D eigenvalue weighted by atomic mass is 16.5. The van der Waals surface area contributed by atoms with Crippen LogP contribution in [0.3, 0.4) is 0 Å². The summed E-state index contributed by atoms with van der Waals surface area (Å²) in [7, 11) is 3.32. The minimum atomic E-state index is -0.800. The predicted molar refractivity (Wildman–Crippen MR) is 120 cm³/mol. The molecule has 1 aliphatic heterocycles. The maximum Gasteiger partial charge on any atom is 0.134 e. The van der Waals surface area contributed by atoms with Crippen LogP contribution in [0.4, 0.5) is 0 Å². The zero-order chi connectivity index (χ0) is 21.7. The molecule has 0 saturated carbocycles. The second-order valence-electron chi connectivity index (χ2n) is 7.82. The molecule has 0 radical (unpaired) electrons. The second-order valence-corrected chi connectivity index (χ2v) is 7.82. The zero-order valence-electron chi connectivity index (χ0n) is 18.0. The van der Waals surface area contributed by atoms with Gasteiger partial charge in [0.1, 0.15) is 17.1 Å². The van der Waals surface area contributed by atoms with Crippen molar-refractivity contribution in [3.8, 4) is 11.5 Å². The van der Waals surface area contributed by atoms with E-state index in [1.165, 1.54) is 0 Å². The third-order valence-corrected chi connectivity index (χ3v) is 5.95. The maximum absolute atomic E-state index is 10.3. The molecule has 3 aromatic carbocycles. The molecule has 2 unspecified atom stereocenters.